The molecule has 5 nitrogen and oxygen atoms in total. The van der Waals surface area contributed by atoms with Crippen molar-refractivity contribution in [3.63, 3.8) is 0 Å². The van der Waals surface area contributed by atoms with Crippen molar-refractivity contribution in [2.24, 2.45) is 0 Å². The molecule has 0 aliphatic rings. The van der Waals surface area contributed by atoms with Gasteiger partial charge in [0.25, 0.3) is 5.91 Å². The normalized spacial score (nSPS) is 10.9. The van der Waals surface area contributed by atoms with Gasteiger partial charge in [-0.1, -0.05) is 30.3 Å². The Morgan fingerprint density at radius 3 is 2.74 bits per heavy atom. The second-order valence-corrected chi connectivity index (χ2v) is 7.93. The van der Waals surface area contributed by atoms with Gasteiger partial charge in [0.15, 0.2) is 5.13 Å². The van der Waals surface area contributed by atoms with Gasteiger partial charge >= 0.3 is 0 Å². The van der Waals surface area contributed by atoms with E-state index in [2.05, 4.69) is 15.3 Å². The van der Waals surface area contributed by atoms with Crippen LogP contribution in [0.3, 0.4) is 0 Å². The molecule has 0 aliphatic carbocycles. The lowest BCUT2D eigenvalue weighted by atomic mass is 10.2. The average molecular weight is 395 g/mol. The fraction of sp³-hybridized carbons (Fsp3) is 0.150. The van der Waals surface area contributed by atoms with E-state index in [1.165, 1.54) is 0 Å². The second-order valence-electron chi connectivity index (χ2n) is 6.11. The van der Waals surface area contributed by atoms with Crippen molar-refractivity contribution in [3.05, 3.63) is 75.3 Å². The Morgan fingerprint density at radius 1 is 1.19 bits per heavy atom. The largest absolute Gasteiger partial charge is 0.345 e. The molecule has 1 aromatic carbocycles. The van der Waals surface area contributed by atoms with Crippen molar-refractivity contribution in [1.29, 1.82) is 0 Å². The highest BCUT2D eigenvalue weighted by molar-refractivity contribution is 7.12. The van der Waals surface area contributed by atoms with E-state index in [0.717, 1.165) is 32.8 Å². The van der Waals surface area contributed by atoms with Crippen molar-refractivity contribution in [2.45, 2.75) is 20.4 Å². The first kappa shape index (κ1) is 17.6. The Hall–Kier alpha value is -2.77. The van der Waals surface area contributed by atoms with Crippen LogP contribution in [0.1, 0.15) is 26.8 Å². The fourth-order valence-corrected chi connectivity index (χ4v) is 4.49. The number of hydrogen-bond acceptors (Lipinski definition) is 5. The van der Waals surface area contributed by atoms with Crippen LogP contribution in [0.25, 0.3) is 16.4 Å². The highest BCUT2D eigenvalue weighted by Gasteiger charge is 2.18. The van der Waals surface area contributed by atoms with E-state index in [9.17, 15) is 4.79 Å². The lowest BCUT2D eigenvalue weighted by molar-refractivity contribution is 0.0950. The number of hydrogen-bond donors (Lipinski definition) is 1. The van der Waals surface area contributed by atoms with E-state index in [1.54, 1.807) is 28.9 Å². The number of nitrogens with one attached hydrogen (secondary N) is 1. The van der Waals surface area contributed by atoms with Gasteiger partial charge in [-0.05, 0) is 19.9 Å². The van der Waals surface area contributed by atoms with Crippen LogP contribution in [0.15, 0.2) is 53.4 Å². The molecule has 0 radical (unpaired) electrons. The molecule has 0 fully saturated rings. The summed E-state index contributed by atoms with van der Waals surface area (Å²) in [6, 6.07) is 11.9. The van der Waals surface area contributed by atoms with Gasteiger partial charge in [-0.25, -0.2) is 9.97 Å². The summed E-state index contributed by atoms with van der Waals surface area (Å²) in [5, 5.41) is 8.69. The molecule has 0 spiro atoms. The Kier molecular flexibility index (Phi) is 4.87. The summed E-state index contributed by atoms with van der Waals surface area (Å²) in [7, 11) is 0. The SMILES string of the molecule is Cc1cc(C(=O)NCc2nc(-c3ccccc3)cs2)c(C)n1-c1nccs1. The predicted molar refractivity (Wildman–Crippen MR) is 110 cm³/mol. The second kappa shape index (κ2) is 7.46. The van der Waals surface area contributed by atoms with Crippen molar-refractivity contribution < 1.29 is 4.79 Å². The van der Waals surface area contributed by atoms with Crippen LogP contribution < -0.4 is 5.32 Å². The number of nitrogens with zero attached hydrogens (tertiary/aromatic N) is 3. The Labute approximate surface area is 165 Å². The molecule has 3 heterocycles. The van der Waals surface area contributed by atoms with E-state index >= 15 is 0 Å². The number of amides is 1. The van der Waals surface area contributed by atoms with Crippen LogP contribution in [-0.4, -0.2) is 20.4 Å². The molecule has 4 rings (SSSR count). The summed E-state index contributed by atoms with van der Waals surface area (Å²) in [5.74, 6) is -0.0950. The topological polar surface area (TPSA) is 59.8 Å². The molecule has 0 saturated carbocycles. The van der Waals surface area contributed by atoms with Gasteiger partial charge in [-0.15, -0.1) is 22.7 Å². The Bertz CT molecular complexity index is 1070. The number of aromatic nitrogens is 3. The molecule has 27 heavy (non-hydrogen) atoms. The summed E-state index contributed by atoms with van der Waals surface area (Å²) in [6.07, 6.45) is 1.77. The van der Waals surface area contributed by atoms with Crippen LogP contribution in [0.5, 0.6) is 0 Å². The number of thiazole rings is 2. The van der Waals surface area contributed by atoms with E-state index < -0.39 is 0 Å². The van der Waals surface area contributed by atoms with Gasteiger partial charge in [-0.3, -0.25) is 9.36 Å². The monoisotopic (exact) mass is 394 g/mol. The molecule has 0 saturated heterocycles. The maximum absolute atomic E-state index is 12.7. The molecule has 0 aliphatic heterocycles. The van der Waals surface area contributed by atoms with Crippen molar-refractivity contribution in [3.8, 4) is 16.4 Å². The minimum absolute atomic E-state index is 0.0950. The first-order chi connectivity index (χ1) is 13.1. The molecule has 3 aromatic heterocycles. The van der Waals surface area contributed by atoms with Crippen LogP contribution in [0.2, 0.25) is 0 Å². The van der Waals surface area contributed by atoms with Crippen LogP contribution in [0.4, 0.5) is 0 Å². The average Bonchev–Trinajstić information content (AvgIpc) is 3.41. The molecule has 136 valence electrons. The fourth-order valence-electron chi connectivity index (χ4n) is 3.00. The molecule has 1 N–H and O–H groups in total. The maximum atomic E-state index is 12.7. The summed E-state index contributed by atoms with van der Waals surface area (Å²) in [4.78, 5) is 21.7. The zero-order valence-electron chi connectivity index (χ0n) is 15.0. The van der Waals surface area contributed by atoms with Gasteiger partial charge < -0.3 is 5.32 Å². The van der Waals surface area contributed by atoms with E-state index in [-0.39, 0.29) is 5.91 Å². The summed E-state index contributed by atoms with van der Waals surface area (Å²) < 4.78 is 2.01. The molecule has 0 atom stereocenters. The predicted octanol–water partition coefficient (Wildman–Crippen LogP) is 4.60. The van der Waals surface area contributed by atoms with Gasteiger partial charge in [-0.2, -0.15) is 0 Å². The van der Waals surface area contributed by atoms with Crippen molar-refractivity contribution >= 4 is 28.6 Å². The Balaban J connectivity index is 1.48. The molecular formula is C20H18N4OS2. The van der Waals surface area contributed by atoms with Gasteiger partial charge in [0.2, 0.25) is 0 Å². The van der Waals surface area contributed by atoms with Gasteiger partial charge in [0.05, 0.1) is 17.8 Å². The zero-order chi connectivity index (χ0) is 18.8. The maximum Gasteiger partial charge on any atom is 0.253 e. The molecule has 0 unspecified atom stereocenters. The van der Waals surface area contributed by atoms with E-state index in [4.69, 9.17) is 0 Å². The smallest absolute Gasteiger partial charge is 0.253 e. The first-order valence-electron chi connectivity index (χ1n) is 8.50. The summed E-state index contributed by atoms with van der Waals surface area (Å²) in [5.41, 5.74) is 4.57. The summed E-state index contributed by atoms with van der Waals surface area (Å²) >= 11 is 3.10. The number of rotatable bonds is 5. The third-order valence-corrected chi connectivity index (χ3v) is 5.91. The first-order valence-corrected chi connectivity index (χ1v) is 10.3. The van der Waals surface area contributed by atoms with Crippen molar-refractivity contribution in [2.75, 3.05) is 0 Å². The van der Waals surface area contributed by atoms with Crippen LogP contribution in [-0.2, 0) is 6.54 Å². The quantitative estimate of drug-likeness (QED) is 0.538. The van der Waals surface area contributed by atoms with Crippen molar-refractivity contribution in [1.82, 2.24) is 19.9 Å². The minimum atomic E-state index is -0.0950. The van der Waals surface area contributed by atoms with E-state index in [1.807, 2.05) is 65.6 Å². The number of carbonyl (C=O) groups is 1. The molecule has 0 bridgehead atoms. The van der Waals surface area contributed by atoms with E-state index in [0.29, 0.717) is 12.1 Å². The molecule has 4 aromatic rings. The molecule has 1 amide bonds. The highest BCUT2D eigenvalue weighted by atomic mass is 32.1. The number of carbonyl (C=O) groups excluding carboxylic acids is 1. The summed E-state index contributed by atoms with van der Waals surface area (Å²) in [6.45, 7) is 4.34. The standard InChI is InChI=1S/C20H18N4OS2/c1-13-10-16(14(2)24(13)20-21-8-9-26-20)19(25)22-11-18-23-17(12-27-18)15-6-4-3-5-7-15/h3-10,12H,11H2,1-2H3,(H,22,25). The Morgan fingerprint density at radius 2 is 2.00 bits per heavy atom. The third kappa shape index (κ3) is 3.56. The minimum Gasteiger partial charge on any atom is -0.345 e. The highest BCUT2D eigenvalue weighted by Crippen LogP contribution is 2.23. The number of benzene rings is 1. The zero-order valence-corrected chi connectivity index (χ0v) is 16.6. The van der Waals surface area contributed by atoms with Gasteiger partial charge in [0, 0.05) is 33.9 Å². The van der Waals surface area contributed by atoms with Gasteiger partial charge in [0.1, 0.15) is 5.01 Å². The lowest BCUT2D eigenvalue weighted by Gasteiger charge is -2.06. The van der Waals surface area contributed by atoms with Crippen LogP contribution in [0, 0.1) is 13.8 Å². The molecule has 7 heteroatoms. The lowest BCUT2D eigenvalue weighted by Crippen LogP contribution is -2.23. The number of aryl methyl sites for hydroxylation is 1. The molecular weight excluding hydrogens is 376 g/mol. The van der Waals surface area contributed by atoms with Crippen LogP contribution >= 0.6 is 22.7 Å². The third-order valence-electron chi connectivity index (χ3n) is 4.31.